The molecule has 29 heavy (non-hydrogen) atoms. The van der Waals surface area contributed by atoms with Crippen molar-refractivity contribution < 1.29 is 9.90 Å². The zero-order valence-electron chi connectivity index (χ0n) is 19.3. The second-order valence-electron chi connectivity index (χ2n) is 11.8. The molecule has 2 fully saturated rings. The Hall–Kier alpha value is -0.890. The number of carbonyl (C=O) groups is 1. The molecule has 2 saturated carbocycles. The maximum Gasteiger partial charge on any atom is 0.184 e. The molecule has 0 heterocycles. The molecule has 4 aliphatic carbocycles. The van der Waals surface area contributed by atoms with E-state index in [1.165, 1.54) is 50.5 Å². The molecule has 2 nitrogen and oxygen atoms in total. The Kier molecular flexibility index (Phi) is 5.64. The molecule has 0 spiro atoms. The molecule has 0 unspecified atom stereocenters. The first-order chi connectivity index (χ1) is 13.7. The molecule has 4 rings (SSSR count). The van der Waals surface area contributed by atoms with Gasteiger partial charge in [-0.3, -0.25) is 4.79 Å². The highest BCUT2D eigenvalue weighted by Crippen LogP contribution is 2.66. The van der Waals surface area contributed by atoms with Crippen LogP contribution in [-0.4, -0.2) is 17.0 Å². The van der Waals surface area contributed by atoms with Crippen LogP contribution in [0.1, 0.15) is 86.0 Å². The van der Waals surface area contributed by atoms with Crippen molar-refractivity contribution in [1.29, 1.82) is 0 Å². The van der Waals surface area contributed by atoms with Crippen LogP contribution in [0.25, 0.3) is 0 Å². The minimum Gasteiger partial charge on any atom is -0.385 e. The molecule has 0 aromatic heterocycles. The summed E-state index contributed by atoms with van der Waals surface area (Å²) >= 11 is 0. The van der Waals surface area contributed by atoms with Crippen molar-refractivity contribution in [2.75, 3.05) is 0 Å². The average molecular weight is 399 g/mol. The highest BCUT2D eigenvalue weighted by molar-refractivity contribution is 5.95. The van der Waals surface area contributed by atoms with E-state index in [2.05, 4.69) is 46.8 Å². The highest BCUT2D eigenvalue weighted by atomic mass is 16.3. The zero-order chi connectivity index (χ0) is 21.0. The van der Waals surface area contributed by atoms with Gasteiger partial charge in [-0.15, -0.1) is 0 Å². The summed E-state index contributed by atoms with van der Waals surface area (Å²) in [6, 6.07) is 0. The van der Waals surface area contributed by atoms with E-state index in [1.54, 1.807) is 6.08 Å². The molecule has 8 atom stereocenters. The Bertz CT molecular complexity index is 703. The molecule has 0 radical (unpaired) electrons. The summed E-state index contributed by atoms with van der Waals surface area (Å²) in [5, 5.41) is 10.3. The van der Waals surface area contributed by atoms with Crippen LogP contribution >= 0.6 is 0 Å². The quantitative estimate of drug-likeness (QED) is 0.586. The normalized spacial score (nSPS) is 44.9. The third-order valence-electron chi connectivity index (χ3n) is 9.75. The van der Waals surface area contributed by atoms with E-state index in [9.17, 15) is 9.90 Å². The number of hydrogen-bond donors (Lipinski definition) is 1. The van der Waals surface area contributed by atoms with E-state index in [4.69, 9.17) is 0 Å². The Labute approximate surface area is 178 Å². The molecule has 0 bridgehead atoms. The molecule has 162 valence electrons. The summed E-state index contributed by atoms with van der Waals surface area (Å²) in [7, 11) is 0. The first-order valence-electron chi connectivity index (χ1n) is 12.3. The predicted molar refractivity (Wildman–Crippen MR) is 119 cm³/mol. The fraction of sp³-hybridized carbons (Fsp3) is 0.815. The lowest BCUT2D eigenvalue weighted by atomic mass is 9.48. The Balaban J connectivity index is 1.54. The predicted octanol–water partition coefficient (Wildman–Crippen LogP) is 6.34. The van der Waals surface area contributed by atoms with Crippen LogP contribution in [0.4, 0.5) is 0 Å². The molecule has 0 amide bonds. The number of ketones is 1. The third-order valence-corrected chi connectivity index (χ3v) is 9.75. The van der Waals surface area contributed by atoms with Gasteiger partial charge < -0.3 is 5.11 Å². The molecule has 1 N–H and O–H groups in total. The lowest BCUT2D eigenvalue weighted by Crippen LogP contribution is -2.51. The van der Waals surface area contributed by atoms with Crippen molar-refractivity contribution in [3.63, 3.8) is 0 Å². The molecule has 2 heteroatoms. The Morgan fingerprint density at radius 1 is 1.10 bits per heavy atom. The lowest BCUT2D eigenvalue weighted by molar-refractivity contribution is -0.126. The van der Waals surface area contributed by atoms with Gasteiger partial charge in [-0.1, -0.05) is 66.0 Å². The minimum absolute atomic E-state index is 0.0327. The zero-order valence-corrected chi connectivity index (χ0v) is 19.3. The molecule has 0 aromatic carbocycles. The second-order valence-corrected chi connectivity index (χ2v) is 11.8. The fourth-order valence-corrected chi connectivity index (χ4v) is 8.08. The monoisotopic (exact) mass is 398 g/mol. The SMILES string of the molecule is CC(C)CCC[C@@H](C)[C@H]1CC[C@H]2[C@@H]3C=CC4=CC(=O)[C@H](O)C[C@]4(C)[C@H]3CC[C@]12C. The van der Waals surface area contributed by atoms with Crippen LogP contribution in [0.2, 0.25) is 0 Å². The molecule has 4 aliphatic rings. The standard InChI is InChI=1S/C27H42O2/c1-17(2)7-6-8-18(3)21-11-12-22-20-10-9-19-15-24(28)25(29)16-27(19,5)23(20)13-14-26(21,22)4/h9-10,15,17-18,20-23,25,29H,6-8,11-14,16H2,1-5H3/t18-,20+,21-,22+,23+,25-,26-,27+/m1/s1. The number of aliphatic hydroxyl groups is 1. The van der Waals surface area contributed by atoms with E-state index in [0.717, 1.165) is 23.7 Å². The van der Waals surface area contributed by atoms with Crippen molar-refractivity contribution in [1.82, 2.24) is 0 Å². The van der Waals surface area contributed by atoms with Gasteiger partial charge in [0.25, 0.3) is 0 Å². The number of rotatable bonds is 5. The minimum atomic E-state index is -0.804. The van der Waals surface area contributed by atoms with E-state index in [-0.39, 0.29) is 11.2 Å². The first kappa shape index (κ1) is 21.3. The Morgan fingerprint density at radius 3 is 2.59 bits per heavy atom. The summed E-state index contributed by atoms with van der Waals surface area (Å²) in [6.07, 6.45) is 15.7. The highest BCUT2D eigenvalue weighted by Gasteiger charge is 2.59. The van der Waals surface area contributed by atoms with E-state index < -0.39 is 6.10 Å². The van der Waals surface area contributed by atoms with Crippen molar-refractivity contribution in [2.45, 2.75) is 92.1 Å². The number of carbonyl (C=O) groups excluding carboxylic acids is 1. The van der Waals surface area contributed by atoms with Gasteiger partial charge in [-0.2, -0.15) is 0 Å². The van der Waals surface area contributed by atoms with Crippen molar-refractivity contribution in [3.8, 4) is 0 Å². The molecule has 0 aromatic rings. The van der Waals surface area contributed by atoms with Gasteiger partial charge in [0.05, 0.1) is 0 Å². The number of allylic oxidation sites excluding steroid dienone is 3. The van der Waals surface area contributed by atoms with Gasteiger partial charge in [0.1, 0.15) is 6.10 Å². The summed E-state index contributed by atoms with van der Waals surface area (Å²) < 4.78 is 0. The van der Waals surface area contributed by atoms with Gasteiger partial charge in [-0.25, -0.2) is 0 Å². The molecular formula is C27H42O2. The molecule has 0 saturated heterocycles. The lowest BCUT2D eigenvalue weighted by Gasteiger charge is -2.56. The smallest absolute Gasteiger partial charge is 0.184 e. The average Bonchev–Trinajstić information content (AvgIpc) is 3.00. The topological polar surface area (TPSA) is 37.3 Å². The maximum atomic E-state index is 12.1. The maximum absolute atomic E-state index is 12.1. The van der Waals surface area contributed by atoms with E-state index in [0.29, 0.717) is 23.7 Å². The first-order valence-corrected chi connectivity index (χ1v) is 12.3. The Morgan fingerprint density at radius 2 is 1.86 bits per heavy atom. The van der Waals surface area contributed by atoms with Crippen molar-refractivity contribution >= 4 is 5.78 Å². The van der Waals surface area contributed by atoms with Crippen LogP contribution in [0.15, 0.2) is 23.8 Å². The van der Waals surface area contributed by atoms with Gasteiger partial charge in [0.2, 0.25) is 0 Å². The largest absolute Gasteiger partial charge is 0.385 e. The number of fused-ring (bicyclic) bond motifs is 5. The van der Waals surface area contributed by atoms with Crippen LogP contribution in [0, 0.1) is 46.3 Å². The number of aliphatic hydroxyl groups excluding tert-OH is 1. The summed E-state index contributed by atoms with van der Waals surface area (Å²) in [4.78, 5) is 12.1. The molecular weight excluding hydrogens is 356 g/mol. The van der Waals surface area contributed by atoms with Crippen LogP contribution < -0.4 is 0 Å². The van der Waals surface area contributed by atoms with Crippen LogP contribution in [0.5, 0.6) is 0 Å². The van der Waals surface area contributed by atoms with Crippen LogP contribution in [-0.2, 0) is 4.79 Å². The third kappa shape index (κ3) is 3.48. The second kappa shape index (κ2) is 7.66. The van der Waals surface area contributed by atoms with Crippen molar-refractivity contribution in [3.05, 3.63) is 23.8 Å². The van der Waals surface area contributed by atoms with E-state index >= 15 is 0 Å². The summed E-state index contributed by atoms with van der Waals surface area (Å²) in [5.41, 5.74) is 1.60. The van der Waals surface area contributed by atoms with Gasteiger partial charge in [0.15, 0.2) is 5.78 Å². The number of hydrogen-bond acceptors (Lipinski definition) is 2. The van der Waals surface area contributed by atoms with Crippen LogP contribution in [0.3, 0.4) is 0 Å². The van der Waals surface area contributed by atoms with E-state index in [1.807, 2.05) is 0 Å². The van der Waals surface area contributed by atoms with Gasteiger partial charge >= 0.3 is 0 Å². The molecule has 0 aliphatic heterocycles. The summed E-state index contributed by atoms with van der Waals surface area (Å²) in [6.45, 7) is 12.1. The van der Waals surface area contributed by atoms with Crippen molar-refractivity contribution in [2.24, 2.45) is 46.3 Å². The van der Waals surface area contributed by atoms with Gasteiger partial charge in [0, 0.05) is 0 Å². The summed E-state index contributed by atoms with van der Waals surface area (Å²) in [5.74, 6) is 4.36. The fourth-order valence-electron chi connectivity index (χ4n) is 8.08. The van der Waals surface area contributed by atoms with Gasteiger partial charge in [-0.05, 0) is 90.1 Å².